The van der Waals surface area contributed by atoms with E-state index in [-0.39, 0.29) is 5.41 Å². The van der Waals surface area contributed by atoms with Crippen molar-refractivity contribution in [3.05, 3.63) is 35.4 Å². The Labute approximate surface area is 146 Å². The van der Waals surface area contributed by atoms with Crippen LogP contribution >= 0.6 is 0 Å². The van der Waals surface area contributed by atoms with Gasteiger partial charge in [0.2, 0.25) is 0 Å². The van der Waals surface area contributed by atoms with Gasteiger partial charge >= 0.3 is 5.97 Å². The highest BCUT2D eigenvalue weighted by molar-refractivity contribution is 5.77. The fourth-order valence-corrected chi connectivity index (χ4v) is 3.73. The highest BCUT2D eigenvalue weighted by Crippen LogP contribution is 2.50. The molecule has 2 fully saturated rings. The van der Waals surface area contributed by atoms with Crippen molar-refractivity contribution in [2.24, 2.45) is 11.3 Å². The molecule has 2 saturated carbocycles. The smallest absolute Gasteiger partial charge is 0.309 e. The Hall–Kier alpha value is -1.31. The molecule has 0 heterocycles. The summed E-state index contributed by atoms with van der Waals surface area (Å²) < 4.78 is 0. The molecule has 0 aliphatic heterocycles. The van der Waals surface area contributed by atoms with Crippen molar-refractivity contribution in [2.45, 2.75) is 83.5 Å². The number of benzene rings is 1. The van der Waals surface area contributed by atoms with Gasteiger partial charge in [-0.25, -0.2) is 0 Å². The lowest BCUT2D eigenvalue weighted by molar-refractivity contribution is -0.143. The number of carboxylic acid groups (broad SMARTS) is 1. The number of aliphatic carboxylic acids is 1. The van der Waals surface area contributed by atoms with Crippen LogP contribution in [0.15, 0.2) is 24.3 Å². The van der Waals surface area contributed by atoms with E-state index in [4.69, 9.17) is 0 Å². The maximum absolute atomic E-state index is 11.1. The van der Waals surface area contributed by atoms with Crippen LogP contribution < -0.4 is 0 Å². The first-order valence-electron chi connectivity index (χ1n) is 9.99. The zero-order valence-corrected chi connectivity index (χ0v) is 14.9. The molecular formula is C22H32O2. The quantitative estimate of drug-likeness (QED) is 0.494. The van der Waals surface area contributed by atoms with E-state index >= 15 is 0 Å². The molecule has 0 atom stereocenters. The highest BCUT2D eigenvalue weighted by Gasteiger charge is 2.49. The molecule has 132 valence electrons. The maximum atomic E-state index is 11.1. The number of hydrogen-bond acceptors (Lipinski definition) is 1. The molecule has 2 aliphatic rings. The van der Waals surface area contributed by atoms with E-state index in [1.807, 2.05) is 0 Å². The number of carboxylic acids is 1. The van der Waals surface area contributed by atoms with Crippen LogP contribution in [-0.2, 0) is 17.6 Å². The fourth-order valence-electron chi connectivity index (χ4n) is 3.73. The van der Waals surface area contributed by atoms with Crippen molar-refractivity contribution in [3.63, 3.8) is 0 Å². The predicted molar refractivity (Wildman–Crippen MR) is 98.2 cm³/mol. The van der Waals surface area contributed by atoms with Crippen molar-refractivity contribution < 1.29 is 9.90 Å². The molecule has 0 spiro atoms. The zero-order chi connectivity index (χ0) is 16.8. The summed E-state index contributed by atoms with van der Waals surface area (Å²) in [5.74, 6) is 0.499. The summed E-state index contributed by atoms with van der Waals surface area (Å²) in [4.78, 5) is 11.1. The first kappa shape index (κ1) is 17.5. The van der Waals surface area contributed by atoms with Crippen LogP contribution in [0.3, 0.4) is 0 Å². The highest BCUT2D eigenvalue weighted by atomic mass is 16.4. The third-order valence-electron chi connectivity index (χ3n) is 5.98. The van der Waals surface area contributed by atoms with Gasteiger partial charge in [-0.3, -0.25) is 4.79 Å². The van der Waals surface area contributed by atoms with Crippen LogP contribution in [0.5, 0.6) is 0 Å². The van der Waals surface area contributed by atoms with E-state index in [1.54, 1.807) is 0 Å². The van der Waals surface area contributed by atoms with Gasteiger partial charge in [0.1, 0.15) is 0 Å². The lowest BCUT2D eigenvalue weighted by Gasteiger charge is -2.09. The second kappa shape index (κ2) is 8.18. The van der Waals surface area contributed by atoms with Gasteiger partial charge in [-0.05, 0) is 62.0 Å². The molecule has 2 heteroatoms. The standard InChI is InChI=1S/C22H32O2/c23-21(24)22(16-17-22)15-5-4-8-20-13-11-19(12-14-20)7-3-1-2-6-18-9-10-18/h11-14,18H,1-10,15-17H2,(H,23,24). The van der Waals surface area contributed by atoms with Gasteiger partial charge in [0.15, 0.2) is 0 Å². The van der Waals surface area contributed by atoms with Crippen LogP contribution in [0, 0.1) is 11.3 Å². The van der Waals surface area contributed by atoms with Crippen molar-refractivity contribution in [1.82, 2.24) is 0 Å². The molecule has 0 saturated heterocycles. The number of hydrogen-bond donors (Lipinski definition) is 1. The number of unbranched alkanes of at least 4 members (excludes halogenated alkanes) is 3. The molecule has 1 aromatic carbocycles. The van der Waals surface area contributed by atoms with Gasteiger partial charge in [0, 0.05) is 0 Å². The molecule has 3 rings (SSSR count). The molecule has 1 aromatic rings. The van der Waals surface area contributed by atoms with Gasteiger partial charge < -0.3 is 5.11 Å². The summed E-state index contributed by atoms with van der Waals surface area (Å²) in [5, 5.41) is 9.19. The van der Waals surface area contributed by atoms with Crippen LogP contribution in [0.1, 0.15) is 81.8 Å². The van der Waals surface area contributed by atoms with Crippen LogP contribution in [-0.4, -0.2) is 11.1 Å². The van der Waals surface area contributed by atoms with Gasteiger partial charge in [-0.2, -0.15) is 0 Å². The lowest BCUT2D eigenvalue weighted by atomic mass is 9.97. The SMILES string of the molecule is O=C(O)C1(CCCCc2ccc(CCCCCC3CC3)cc2)CC1. The third-order valence-corrected chi connectivity index (χ3v) is 5.98. The Morgan fingerprint density at radius 2 is 1.50 bits per heavy atom. The average Bonchev–Trinajstić information content (AvgIpc) is 3.47. The normalized spacial score (nSPS) is 18.5. The van der Waals surface area contributed by atoms with Crippen molar-refractivity contribution in [2.75, 3.05) is 0 Å². The van der Waals surface area contributed by atoms with Gasteiger partial charge in [-0.1, -0.05) is 62.8 Å². The fraction of sp³-hybridized carbons (Fsp3) is 0.682. The number of aryl methyl sites for hydroxylation is 2. The first-order valence-corrected chi connectivity index (χ1v) is 9.99. The Kier molecular flexibility index (Phi) is 5.97. The molecule has 2 aliphatic carbocycles. The summed E-state index contributed by atoms with van der Waals surface area (Å²) >= 11 is 0. The minimum atomic E-state index is -0.580. The molecule has 24 heavy (non-hydrogen) atoms. The summed E-state index contributed by atoms with van der Waals surface area (Å²) in [6, 6.07) is 9.11. The van der Waals surface area contributed by atoms with Gasteiger partial charge in [0.05, 0.1) is 5.41 Å². The van der Waals surface area contributed by atoms with E-state index < -0.39 is 5.97 Å². The van der Waals surface area contributed by atoms with E-state index in [9.17, 15) is 9.90 Å². The minimum absolute atomic E-state index is 0.344. The Bertz CT molecular complexity index is 523. The van der Waals surface area contributed by atoms with Crippen molar-refractivity contribution in [1.29, 1.82) is 0 Å². The molecule has 1 N–H and O–H groups in total. The topological polar surface area (TPSA) is 37.3 Å². The van der Waals surface area contributed by atoms with Crippen molar-refractivity contribution in [3.8, 4) is 0 Å². The van der Waals surface area contributed by atoms with E-state index in [2.05, 4.69) is 24.3 Å². The Morgan fingerprint density at radius 3 is 2.00 bits per heavy atom. The molecule has 0 unspecified atom stereocenters. The molecule has 0 radical (unpaired) electrons. The van der Waals surface area contributed by atoms with Crippen molar-refractivity contribution >= 4 is 5.97 Å². The van der Waals surface area contributed by atoms with Gasteiger partial charge in [0.25, 0.3) is 0 Å². The molecule has 0 bridgehead atoms. The average molecular weight is 328 g/mol. The Balaban J connectivity index is 1.27. The summed E-state index contributed by atoms with van der Waals surface area (Å²) in [6.45, 7) is 0. The molecule has 0 aromatic heterocycles. The molecular weight excluding hydrogens is 296 g/mol. The first-order chi connectivity index (χ1) is 11.7. The largest absolute Gasteiger partial charge is 0.481 e. The lowest BCUT2D eigenvalue weighted by Crippen LogP contribution is -2.14. The van der Waals surface area contributed by atoms with E-state index in [0.29, 0.717) is 0 Å². The summed E-state index contributed by atoms with van der Waals surface area (Å²) in [5.41, 5.74) is 2.52. The zero-order valence-electron chi connectivity index (χ0n) is 14.9. The van der Waals surface area contributed by atoms with E-state index in [1.165, 1.54) is 56.1 Å². The predicted octanol–water partition coefficient (Wildman–Crippen LogP) is 5.78. The summed E-state index contributed by atoms with van der Waals surface area (Å²) in [7, 11) is 0. The van der Waals surface area contributed by atoms with E-state index in [0.717, 1.165) is 44.4 Å². The van der Waals surface area contributed by atoms with Crippen LogP contribution in [0.2, 0.25) is 0 Å². The van der Waals surface area contributed by atoms with Crippen LogP contribution in [0.25, 0.3) is 0 Å². The van der Waals surface area contributed by atoms with Crippen LogP contribution in [0.4, 0.5) is 0 Å². The monoisotopic (exact) mass is 328 g/mol. The third kappa shape index (κ3) is 5.36. The number of rotatable bonds is 12. The second-order valence-electron chi connectivity index (χ2n) is 8.15. The second-order valence-corrected chi connectivity index (χ2v) is 8.15. The summed E-state index contributed by atoms with van der Waals surface area (Å²) in [6.07, 6.45) is 15.6. The maximum Gasteiger partial charge on any atom is 0.309 e. The van der Waals surface area contributed by atoms with Gasteiger partial charge in [-0.15, -0.1) is 0 Å². The number of carbonyl (C=O) groups is 1. The Morgan fingerprint density at radius 1 is 0.917 bits per heavy atom. The minimum Gasteiger partial charge on any atom is -0.481 e. The molecule has 0 amide bonds. The molecule has 2 nitrogen and oxygen atoms in total.